The second-order valence-electron chi connectivity index (χ2n) is 4.38. The molecule has 20 heavy (non-hydrogen) atoms. The Hall–Kier alpha value is -2.53. The van der Waals surface area contributed by atoms with Crippen LogP contribution in [0.25, 0.3) is 0 Å². The quantitative estimate of drug-likeness (QED) is 0.590. The molecule has 0 bridgehead atoms. The number of nitrogens with two attached hydrogens (primary N) is 1. The summed E-state index contributed by atoms with van der Waals surface area (Å²) in [5.74, 6) is 5.89. The molecule has 0 saturated carbocycles. The number of carbonyl (C=O) groups excluding carboxylic acids is 1. The molecule has 4 N–H and O–H groups in total. The van der Waals surface area contributed by atoms with Gasteiger partial charge in [-0.25, -0.2) is 0 Å². The van der Waals surface area contributed by atoms with Gasteiger partial charge in [0.25, 0.3) is 5.91 Å². The highest BCUT2D eigenvalue weighted by molar-refractivity contribution is 6.08. The standard InChI is InChI=1S/C15H17N3O2/c1-10-6-7-14(18-16)13(8-10)15(19)17-11-4-3-5-12(9-11)20-2/h3-9,18H,16H2,1-2H3,(H,17,19). The summed E-state index contributed by atoms with van der Waals surface area (Å²) in [7, 11) is 1.58. The minimum atomic E-state index is -0.227. The first-order valence-corrected chi connectivity index (χ1v) is 6.16. The lowest BCUT2D eigenvalue weighted by molar-refractivity contribution is 0.102. The Labute approximate surface area is 117 Å². The van der Waals surface area contributed by atoms with E-state index in [4.69, 9.17) is 10.6 Å². The Morgan fingerprint density at radius 2 is 2.00 bits per heavy atom. The third-order valence-electron chi connectivity index (χ3n) is 2.90. The van der Waals surface area contributed by atoms with E-state index in [0.29, 0.717) is 22.7 Å². The topological polar surface area (TPSA) is 76.4 Å². The highest BCUT2D eigenvalue weighted by Crippen LogP contribution is 2.20. The van der Waals surface area contributed by atoms with Crippen LogP contribution < -0.4 is 21.3 Å². The molecule has 0 heterocycles. The molecule has 0 radical (unpaired) electrons. The molecule has 0 aromatic heterocycles. The number of benzene rings is 2. The number of hydrogen-bond donors (Lipinski definition) is 3. The van der Waals surface area contributed by atoms with Crippen molar-refractivity contribution in [3.8, 4) is 5.75 Å². The first-order chi connectivity index (χ1) is 9.63. The average molecular weight is 271 g/mol. The van der Waals surface area contributed by atoms with Gasteiger partial charge >= 0.3 is 0 Å². The smallest absolute Gasteiger partial charge is 0.257 e. The summed E-state index contributed by atoms with van der Waals surface area (Å²) in [6.45, 7) is 1.92. The van der Waals surface area contributed by atoms with E-state index in [1.165, 1.54) is 0 Å². The van der Waals surface area contributed by atoms with E-state index in [2.05, 4.69) is 10.7 Å². The van der Waals surface area contributed by atoms with E-state index in [9.17, 15) is 4.79 Å². The highest BCUT2D eigenvalue weighted by Gasteiger charge is 2.11. The second kappa shape index (κ2) is 6.08. The molecule has 5 heteroatoms. The van der Waals surface area contributed by atoms with Crippen LogP contribution in [0.5, 0.6) is 5.75 Å². The molecule has 0 aliphatic heterocycles. The van der Waals surface area contributed by atoms with Crippen molar-refractivity contribution in [1.82, 2.24) is 0 Å². The van der Waals surface area contributed by atoms with Gasteiger partial charge in [-0.15, -0.1) is 0 Å². The maximum atomic E-state index is 12.3. The number of aryl methyl sites for hydroxylation is 1. The van der Waals surface area contributed by atoms with E-state index in [0.717, 1.165) is 5.56 Å². The highest BCUT2D eigenvalue weighted by atomic mass is 16.5. The lowest BCUT2D eigenvalue weighted by Crippen LogP contribution is -2.17. The van der Waals surface area contributed by atoms with Crippen LogP contribution in [0.2, 0.25) is 0 Å². The Balaban J connectivity index is 2.25. The summed E-state index contributed by atoms with van der Waals surface area (Å²) in [6.07, 6.45) is 0. The Bertz CT molecular complexity index is 626. The van der Waals surface area contributed by atoms with Crippen molar-refractivity contribution in [3.05, 3.63) is 53.6 Å². The molecule has 0 aliphatic carbocycles. The largest absolute Gasteiger partial charge is 0.497 e. The molecule has 0 atom stereocenters. The van der Waals surface area contributed by atoms with Crippen molar-refractivity contribution in [1.29, 1.82) is 0 Å². The number of amides is 1. The molecule has 2 aromatic rings. The van der Waals surface area contributed by atoms with Crippen LogP contribution in [0.1, 0.15) is 15.9 Å². The molecule has 2 rings (SSSR count). The van der Waals surface area contributed by atoms with E-state index < -0.39 is 0 Å². The fourth-order valence-electron chi connectivity index (χ4n) is 1.87. The molecule has 0 unspecified atom stereocenters. The van der Waals surface area contributed by atoms with Gasteiger partial charge in [0.1, 0.15) is 5.75 Å². The fourth-order valence-corrected chi connectivity index (χ4v) is 1.87. The zero-order valence-electron chi connectivity index (χ0n) is 11.4. The number of nitrogen functional groups attached to an aromatic ring is 1. The number of rotatable bonds is 4. The van der Waals surface area contributed by atoms with Crippen molar-refractivity contribution in [2.75, 3.05) is 17.9 Å². The van der Waals surface area contributed by atoms with Gasteiger partial charge < -0.3 is 15.5 Å². The SMILES string of the molecule is COc1cccc(NC(=O)c2cc(C)ccc2NN)c1. The third kappa shape index (κ3) is 3.07. The Morgan fingerprint density at radius 3 is 2.70 bits per heavy atom. The summed E-state index contributed by atoms with van der Waals surface area (Å²) in [6, 6.07) is 12.6. The Morgan fingerprint density at radius 1 is 1.20 bits per heavy atom. The number of hydrazine groups is 1. The van der Waals surface area contributed by atoms with Crippen LogP contribution in [0, 0.1) is 6.92 Å². The van der Waals surface area contributed by atoms with Crippen LogP contribution in [-0.4, -0.2) is 13.0 Å². The van der Waals surface area contributed by atoms with Gasteiger partial charge in [0.05, 0.1) is 18.4 Å². The van der Waals surface area contributed by atoms with Crippen molar-refractivity contribution in [3.63, 3.8) is 0 Å². The lowest BCUT2D eigenvalue weighted by Gasteiger charge is -2.11. The summed E-state index contributed by atoms with van der Waals surface area (Å²) in [5.41, 5.74) is 5.25. The minimum Gasteiger partial charge on any atom is -0.497 e. The van der Waals surface area contributed by atoms with Gasteiger partial charge in [-0.3, -0.25) is 10.6 Å². The van der Waals surface area contributed by atoms with E-state index in [1.807, 2.05) is 25.1 Å². The van der Waals surface area contributed by atoms with Gasteiger partial charge in [0, 0.05) is 11.8 Å². The molecule has 0 spiro atoms. The summed E-state index contributed by atoms with van der Waals surface area (Å²) in [5, 5.41) is 2.82. The van der Waals surface area contributed by atoms with E-state index >= 15 is 0 Å². The number of nitrogens with one attached hydrogen (secondary N) is 2. The molecule has 0 saturated heterocycles. The van der Waals surface area contributed by atoms with Crippen molar-refractivity contribution >= 4 is 17.3 Å². The van der Waals surface area contributed by atoms with Gasteiger partial charge in [-0.05, 0) is 31.2 Å². The van der Waals surface area contributed by atoms with Gasteiger partial charge in [0.15, 0.2) is 0 Å². The zero-order valence-corrected chi connectivity index (χ0v) is 11.4. The number of hydrogen-bond acceptors (Lipinski definition) is 4. The number of ether oxygens (including phenoxy) is 1. The van der Waals surface area contributed by atoms with Crippen molar-refractivity contribution in [2.24, 2.45) is 5.84 Å². The first kappa shape index (κ1) is 13.9. The minimum absolute atomic E-state index is 0.227. The molecule has 104 valence electrons. The summed E-state index contributed by atoms with van der Waals surface area (Å²) < 4.78 is 5.12. The van der Waals surface area contributed by atoms with Gasteiger partial charge in [-0.1, -0.05) is 17.7 Å². The van der Waals surface area contributed by atoms with Crippen LogP contribution >= 0.6 is 0 Å². The van der Waals surface area contributed by atoms with E-state index in [-0.39, 0.29) is 5.91 Å². The number of anilines is 2. The second-order valence-corrected chi connectivity index (χ2v) is 4.38. The summed E-state index contributed by atoms with van der Waals surface area (Å²) >= 11 is 0. The number of methoxy groups -OCH3 is 1. The normalized spacial score (nSPS) is 9.95. The maximum absolute atomic E-state index is 12.3. The molecule has 1 amide bonds. The van der Waals surface area contributed by atoms with Crippen molar-refractivity contribution in [2.45, 2.75) is 6.92 Å². The number of carbonyl (C=O) groups is 1. The van der Waals surface area contributed by atoms with Crippen LogP contribution in [0.15, 0.2) is 42.5 Å². The molecular formula is C15H17N3O2. The van der Waals surface area contributed by atoms with E-state index in [1.54, 1.807) is 31.4 Å². The first-order valence-electron chi connectivity index (χ1n) is 6.16. The fraction of sp³-hybridized carbons (Fsp3) is 0.133. The average Bonchev–Trinajstić information content (AvgIpc) is 2.47. The maximum Gasteiger partial charge on any atom is 0.257 e. The van der Waals surface area contributed by atoms with Gasteiger partial charge in [0.2, 0.25) is 0 Å². The monoisotopic (exact) mass is 271 g/mol. The van der Waals surface area contributed by atoms with Crippen LogP contribution in [-0.2, 0) is 0 Å². The predicted molar refractivity (Wildman–Crippen MR) is 79.9 cm³/mol. The van der Waals surface area contributed by atoms with Crippen LogP contribution in [0.3, 0.4) is 0 Å². The Kier molecular flexibility index (Phi) is 4.22. The molecule has 2 aromatic carbocycles. The summed E-state index contributed by atoms with van der Waals surface area (Å²) in [4.78, 5) is 12.3. The molecule has 0 aliphatic rings. The van der Waals surface area contributed by atoms with Crippen molar-refractivity contribution < 1.29 is 9.53 Å². The lowest BCUT2D eigenvalue weighted by atomic mass is 10.1. The zero-order chi connectivity index (χ0) is 14.5. The third-order valence-corrected chi connectivity index (χ3v) is 2.90. The molecular weight excluding hydrogens is 254 g/mol. The van der Waals surface area contributed by atoms with Gasteiger partial charge in [-0.2, -0.15) is 0 Å². The predicted octanol–water partition coefficient (Wildman–Crippen LogP) is 2.54. The molecule has 5 nitrogen and oxygen atoms in total. The molecule has 0 fully saturated rings. The van der Waals surface area contributed by atoms with Crippen LogP contribution in [0.4, 0.5) is 11.4 Å².